The van der Waals surface area contributed by atoms with Gasteiger partial charge in [-0.15, -0.1) is 0 Å². The Morgan fingerprint density at radius 3 is 1.61 bits per heavy atom. The molecule has 3 aliphatic carbocycles. The second-order valence-electron chi connectivity index (χ2n) is 22.2. The van der Waals surface area contributed by atoms with Crippen molar-refractivity contribution in [1.29, 1.82) is 0 Å². The number of allylic oxidation sites excluding steroid dienone is 6. The van der Waals surface area contributed by atoms with Gasteiger partial charge in [0.25, 0.3) is 0 Å². The Bertz CT molecular complexity index is 2740. The van der Waals surface area contributed by atoms with Gasteiger partial charge in [0.15, 0.2) is 6.04 Å². The Kier molecular flexibility index (Phi) is 8.76. The molecule has 3 heterocycles. The van der Waals surface area contributed by atoms with E-state index in [0.29, 0.717) is 0 Å². The Labute approximate surface area is 365 Å². The molecule has 3 heteroatoms. The third-order valence-electron chi connectivity index (χ3n) is 13.9. The number of hydrogen-bond acceptors (Lipinski definition) is 2. The number of anilines is 1. The molecule has 308 valence electrons. The molecule has 3 atom stereocenters. The monoisotopic (exact) mass is 800 g/mol. The van der Waals surface area contributed by atoms with Crippen molar-refractivity contribution in [2.45, 2.75) is 112 Å². The first kappa shape index (κ1) is 39.6. The van der Waals surface area contributed by atoms with E-state index < -0.39 is 0 Å². The van der Waals surface area contributed by atoms with Crippen molar-refractivity contribution in [2.75, 3.05) is 5.01 Å². The molecule has 10 rings (SSSR count). The maximum atomic E-state index is 2.74. The van der Waals surface area contributed by atoms with Crippen LogP contribution in [0.15, 0.2) is 173 Å². The summed E-state index contributed by atoms with van der Waals surface area (Å²) in [5.41, 5.74) is 21.3. The minimum Gasteiger partial charge on any atom is -0.279 e. The second kappa shape index (κ2) is 13.5. The predicted octanol–water partition coefficient (Wildman–Crippen LogP) is 14.3. The highest BCUT2D eigenvalue weighted by molar-refractivity contribution is 6.12. The van der Waals surface area contributed by atoms with Crippen LogP contribution in [0.3, 0.4) is 0 Å². The summed E-state index contributed by atoms with van der Waals surface area (Å²) in [5, 5.41) is 5.44. The van der Waals surface area contributed by atoms with Crippen LogP contribution in [0, 0.1) is 10.8 Å². The van der Waals surface area contributed by atoms with Gasteiger partial charge in [-0.25, -0.2) is 0 Å². The topological polar surface area (TPSA) is 9.49 Å². The summed E-state index contributed by atoms with van der Waals surface area (Å²) in [5.74, 6) is 0. The highest BCUT2D eigenvalue weighted by atomic mass is 15.7. The Morgan fingerprint density at radius 1 is 0.492 bits per heavy atom. The normalized spacial score (nSPS) is 22.0. The van der Waals surface area contributed by atoms with E-state index in [0.717, 1.165) is 0 Å². The molecule has 4 aromatic rings. The van der Waals surface area contributed by atoms with E-state index in [1.807, 2.05) is 0 Å². The van der Waals surface area contributed by atoms with Crippen LogP contribution in [0.5, 0.6) is 0 Å². The van der Waals surface area contributed by atoms with Gasteiger partial charge in [0.2, 0.25) is 17.1 Å². The molecule has 0 amide bonds. The zero-order valence-corrected chi connectivity index (χ0v) is 38.4. The Hall–Kier alpha value is -5.51. The summed E-state index contributed by atoms with van der Waals surface area (Å²) in [4.78, 5) is 0. The maximum absolute atomic E-state index is 2.74. The average molecular weight is 801 g/mol. The lowest BCUT2D eigenvalue weighted by Crippen LogP contribution is -2.65. The maximum Gasteiger partial charge on any atom is 0.236 e. The standard InChI is InChI=1S/C58H62N3/c1-55(2,3)40-23-16-36(17-24-40)37-20-28-44(29-21-37)59-50-30-22-39(38-18-25-41(26-19-38)56(4,5)6)32-52(50)61-54-45(14-13-15-51(54)59)47-34-43(58(10,11)12)35-48-46-33-42(57(7,8)9)27-31-49(46)60(61)53(47)48/h13-35,49,53-54H,1-12H3/q+1. The number of hydrogen-bond donors (Lipinski definition) is 0. The zero-order chi connectivity index (χ0) is 43.0. The van der Waals surface area contributed by atoms with Crippen molar-refractivity contribution in [3.63, 3.8) is 0 Å². The number of hydrazine groups is 1. The first-order chi connectivity index (χ1) is 28.8. The quantitative estimate of drug-likeness (QED) is 0.191. The fourth-order valence-electron chi connectivity index (χ4n) is 10.2. The lowest BCUT2D eigenvalue weighted by molar-refractivity contribution is 0.203. The molecule has 4 aromatic carbocycles. The molecule has 0 aromatic heterocycles. The lowest BCUT2D eigenvalue weighted by Gasteiger charge is -2.53. The molecule has 0 N–H and O–H groups in total. The lowest BCUT2D eigenvalue weighted by atomic mass is 9.73. The van der Waals surface area contributed by atoms with E-state index in [1.165, 1.54) is 89.6 Å². The van der Waals surface area contributed by atoms with Crippen molar-refractivity contribution in [2.24, 2.45) is 10.8 Å². The molecule has 3 aliphatic heterocycles. The predicted molar refractivity (Wildman–Crippen MR) is 260 cm³/mol. The summed E-state index contributed by atoms with van der Waals surface area (Å²) in [6, 6.07) is 35.0. The van der Waals surface area contributed by atoms with Crippen LogP contribution in [-0.4, -0.2) is 28.8 Å². The van der Waals surface area contributed by atoms with Gasteiger partial charge in [-0.05, 0) is 113 Å². The van der Waals surface area contributed by atoms with Crippen molar-refractivity contribution in [1.82, 2.24) is 9.58 Å². The van der Waals surface area contributed by atoms with Crippen LogP contribution < -0.4 is 9.58 Å². The molecule has 1 saturated heterocycles. The molecule has 0 bridgehead atoms. The number of fused-ring (bicyclic) bond motifs is 6. The third-order valence-corrected chi connectivity index (χ3v) is 13.9. The highest BCUT2D eigenvalue weighted by Gasteiger charge is 2.57. The minimum atomic E-state index is -0.00977. The molecular formula is C58H62N3+. The van der Waals surface area contributed by atoms with E-state index in [4.69, 9.17) is 0 Å². The molecule has 1 fully saturated rings. The van der Waals surface area contributed by atoms with Crippen LogP contribution in [0.2, 0.25) is 0 Å². The summed E-state index contributed by atoms with van der Waals surface area (Å²) in [6.07, 6.45) is 19.6. The van der Waals surface area contributed by atoms with Gasteiger partial charge in [0, 0.05) is 24.3 Å². The summed E-state index contributed by atoms with van der Waals surface area (Å²) in [6.45, 7) is 27.8. The van der Waals surface area contributed by atoms with E-state index in [9.17, 15) is 0 Å². The molecular weight excluding hydrogens is 739 g/mol. The minimum absolute atomic E-state index is 0.00171. The van der Waals surface area contributed by atoms with E-state index in [2.05, 4.69) is 237 Å². The molecule has 3 nitrogen and oxygen atoms in total. The average Bonchev–Trinajstić information content (AvgIpc) is 3.55. The first-order valence-corrected chi connectivity index (χ1v) is 22.4. The fraction of sp³-hybridized carbons (Fsp3) is 0.328. The molecule has 6 aliphatic rings. The molecule has 0 spiro atoms. The van der Waals surface area contributed by atoms with Gasteiger partial charge in [0.05, 0.1) is 12.1 Å². The van der Waals surface area contributed by atoms with Crippen LogP contribution in [0.4, 0.5) is 17.1 Å². The van der Waals surface area contributed by atoms with Gasteiger partial charge < -0.3 is 0 Å². The molecule has 0 radical (unpaired) electrons. The first-order valence-electron chi connectivity index (χ1n) is 22.4. The van der Waals surface area contributed by atoms with Gasteiger partial charge in [0.1, 0.15) is 5.69 Å². The van der Waals surface area contributed by atoms with E-state index in [1.54, 1.807) is 0 Å². The smallest absolute Gasteiger partial charge is 0.236 e. The van der Waals surface area contributed by atoms with Crippen LogP contribution in [0.1, 0.15) is 94.2 Å². The molecule has 0 saturated carbocycles. The van der Waals surface area contributed by atoms with Crippen molar-refractivity contribution < 1.29 is 0 Å². The number of benzene rings is 4. The number of rotatable bonds is 3. The van der Waals surface area contributed by atoms with Crippen LogP contribution in [0.25, 0.3) is 22.3 Å². The van der Waals surface area contributed by atoms with Gasteiger partial charge in [-0.3, -0.25) is 5.01 Å². The Morgan fingerprint density at radius 2 is 1.03 bits per heavy atom. The number of nitrogens with zero attached hydrogens (tertiary/aromatic N) is 3. The third kappa shape index (κ3) is 6.46. The summed E-state index contributed by atoms with van der Waals surface area (Å²) < 4.78 is 2.54. The fourth-order valence-corrected chi connectivity index (χ4v) is 10.2. The van der Waals surface area contributed by atoms with Crippen molar-refractivity contribution in [3.8, 4) is 22.3 Å². The second-order valence-corrected chi connectivity index (χ2v) is 22.2. The SMILES string of the molecule is CC(C)(C)C1=CC2=C3C=C(C(C)(C)C)C=C4C5=CC=CC6=[N+](c7ccc(-c8ccc(C(C)(C)C)cc8)cc7)c7ccc(-c8ccc(C(C)(C)C)cc8)cc7N(C56)N(C2C=C1)C43. The summed E-state index contributed by atoms with van der Waals surface area (Å²) in [7, 11) is 0. The van der Waals surface area contributed by atoms with Crippen molar-refractivity contribution in [3.05, 3.63) is 184 Å². The Balaban J connectivity index is 1.18. The van der Waals surface area contributed by atoms with E-state index >= 15 is 0 Å². The highest BCUT2D eigenvalue weighted by Crippen LogP contribution is 2.56. The largest absolute Gasteiger partial charge is 0.279 e. The zero-order valence-electron chi connectivity index (χ0n) is 38.4. The molecule has 3 unspecified atom stereocenters. The van der Waals surface area contributed by atoms with Crippen LogP contribution in [-0.2, 0) is 10.8 Å². The van der Waals surface area contributed by atoms with Crippen molar-refractivity contribution >= 4 is 22.8 Å². The van der Waals surface area contributed by atoms with Gasteiger partial charge in [-0.2, -0.15) is 9.58 Å². The van der Waals surface area contributed by atoms with Gasteiger partial charge >= 0.3 is 0 Å². The molecule has 61 heavy (non-hydrogen) atoms. The van der Waals surface area contributed by atoms with Gasteiger partial charge in [-0.1, -0.05) is 174 Å². The summed E-state index contributed by atoms with van der Waals surface area (Å²) >= 11 is 0. The van der Waals surface area contributed by atoms with Crippen LogP contribution >= 0.6 is 0 Å². The van der Waals surface area contributed by atoms with E-state index in [-0.39, 0.29) is 39.8 Å².